The number of nitrogens with two attached hydrogens (primary N) is 1. The van der Waals surface area contributed by atoms with Crippen LogP contribution in [-0.2, 0) is 47.2 Å². The maximum atomic E-state index is 12.7. The number of fused-ring (bicyclic) bond motifs is 1. The van der Waals surface area contributed by atoms with E-state index in [0.29, 0.717) is 34.3 Å². The zero-order valence-corrected chi connectivity index (χ0v) is 21.2. The second-order valence-corrected chi connectivity index (χ2v) is 11.7. The Morgan fingerprint density at radius 1 is 1.12 bits per heavy atom. The number of ketones is 1. The predicted molar refractivity (Wildman–Crippen MR) is 134 cm³/mol. The molecule has 2 N–H and O–H groups in total. The van der Waals surface area contributed by atoms with E-state index in [9.17, 15) is 18.5 Å². The predicted octanol–water partition coefficient (Wildman–Crippen LogP) is 4.49. The van der Waals surface area contributed by atoms with Gasteiger partial charge in [0.1, 0.15) is 11.9 Å². The minimum absolute atomic E-state index is 0.00373. The Kier molecular flexibility index (Phi) is 7.43. The van der Waals surface area contributed by atoms with Gasteiger partial charge in [-0.15, -0.1) is 11.3 Å². The molecular weight excluding hydrogens is 513 g/mol. The Labute approximate surface area is 212 Å². The number of benzene rings is 2. The summed E-state index contributed by atoms with van der Waals surface area (Å²) in [7, 11) is -3.77. The van der Waals surface area contributed by atoms with Crippen molar-refractivity contribution in [2.45, 2.75) is 37.2 Å². The third-order valence-corrected chi connectivity index (χ3v) is 8.63. The molecule has 34 heavy (non-hydrogen) atoms. The molecule has 1 aliphatic heterocycles. The largest absolute Gasteiger partial charge is 0.299 e. The van der Waals surface area contributed by atoms with Crippen LogP contribution in [0, 0.1) is 11.3 Å². The van der Waals surface area contributed by atoms with E-state index in [1.807, 2.05) is 18.2 Å². The average Bonchev–Trinajstić information content (AvgIpc) is 3.12. The van der Waals surface area contributed by atoms with Gasteiger partial charge < -0.3 is 0 Å². The number of halogens is 2. The first-order valence-corrected chi connectivity index (χ1v) is 13.6. The van der Waals surface area contributed by atoms with E-state index in [-0.39, 0.29) is 23.5 Å². The fraction of sp³-hybridized carbons (Fsp3) is 0.250. The number of primary sulfonamides is 1. The normalized spacial score (nSPS) is 13.9. The number of sulfonamides is 1. The highest BCUT2D eigenvalue weighted by Gasteiger charge is 2.26. The zero-order valence-electron chi connectivity index (χ0n) is 18.1. The summed E-state index contributed by atoms with van der Waals surface area (Å²) in [5, 5.41) is 16.2. The van der Waals surface area contributed by atoms with Crippen molar-refractivity contribution in [3.8, 4) is 6.07 Å². The molecule has 4 rings (SSSR count). The number of carbonyl (C=O) groups is 1. The van der Waals surface area contributed by atoms with Crippen molar-refractivity contribution < 1.29 is 13.2 Å². The molecule has 1 aliphatic rings. The Bertz CT molecular complexity index is 1370. The van der Waals surface area contributed by atoms with Crippen LogP contribution < -0.4 is 5.14 Å². The van der Waals surface area contributed by atoms with Crippen molar-refractivity contribution in [3.63, 3.8) is 0 Å². The van der Waals surface area contributed by atoms with Crippen LogP contribution in [0.25, 0.3) is 0 Å². The second kappa shape index (κ2) is 10.2. The minimum atomic E-state index is -3.77. The lowest BCUT2D eigenvalue weighted by Gasteiger charge is -2.27. The van der Waals surface area contributed by atoms with Crippen molar-refractivity contribution in [2.75, 3.05) is 6.54 Å². The third kappa shape index (κ3) is 5.52. The number of carbonyl (C=O) groups excluding carboxylic acids is 1. The van der Waals surface area contributed by atoms with E-state index in [1.54, 1.807) is 12.1 Å². The maximum Gasteiger partial charge on any atom is 0.238 e. The summed E-state index contributed by atoms with van der Waals surface area (Å²) in [5.74, 6) is -0.0434. The lowest BCUT2D eigenvalue weighted by Crippen LogP contribution is -2.29. The molecule has 10 heteroatoms. The summed E-state index contributed by atoms with van der Waals surface area (Å²) in [6.07, 6.45) is 1.03. The molecule has 1 aromatic heterocycles. The van der Waals surface area contributed by atoms with Gasteiger partial charge in [-0.05, 0) is 41.8 Å². The van der Waals surface area contributed by atoms with Crippen LogP contribution in [0.1, 0.15) is 32.0 Å². The van der Waals surface area contributed by atoms with Gasteiger partial charge in [0, 0.05) is 57.8 Å². The van der Waals surface area contributed by atoms with Crippen molar-refractivity contribution in [1.29, 1.82) is 5.26 Å². The number of rotatable bonds is 7. The molecule has 176 valence electrons. The van der Waals surface area contributed by atoms with E-state index in [4.69, 9.17) is 28.3 Å². The topological polar surface area (TPSA) is 104 Å². The van der Waals surface area contributed by atoms with Crippen LogP contribution in [-0.4, -0.2) is 25.6 Å². The van der Waals surface area contributed by atoms with Crippen LogP contribution in [0.3, 0.4) is 0 Å². The summed E-state index contributed by atoms with van der Waals surface area (Å²) < 4.78 is 22.8. The molecule has 0 atom stereocenters. The van der Waals surface area contributed by atoms with Gasteiger partial charge in [-0.1, -0.05) is 41.4 Å². The molecule has 3 aromatic rings. The van der Waals surface area contributed by atoms with Crippen molar-refractivity contribution in [2.24, 2.45) is 5.14 Å². The van der Waals surface area contributed by atoms with Crippen molar-refractivity contribution >= 4 is 50.3 Å². The van der Waals surface area contributed by atoms with Crippen LogP contribution in [0.5, 0.6) is 0 Å². The van der Waals surface area contributed by atoms with E-state index in [0.717, 1.165) is 33.8 Å². The average molecular weight is 534 g/mol. The molecule has 0 bridgehead atoms. The van der Waals surface area contributed by atoms with Gasteiger partial charge in [0.15, 0.2) is 0 Å². The van der Waals surface area contributed by atoms with Crippen molar-refractivity contribution in [3.05, 3.63) is 84.5 Å². The highest BCUT2D eigenvalue weighted by atomic mass is 35.5. The molecule has 0 fully saturated rings. The van der Waals surface area contributed by atoms with Crippen LogP contribution >= 0.6 is 34.5 Å². The van der Waals surface area contributed by atoms with E-state index >= 15 is 0 Å². The summed E-state index contributed by atoms with van der Waals surface area (Å²) in [6, 6.07) is 13.7. The zero-order chi connectivity index (χ0) is 24.5. The molecule has 2 aromatic carbocycles. The van der Waals surface area contributed by atoms with Crippen LogP contribution in [0.15, 0.2) is 47.4 Å². The third-order valence-electron chi connectivity index (χ3n) is 5.77. The fourth-order valence-electron chi connectivity index (χ4n) is 4.08. The number of nitriles is 1. The van der Waals surface area contributed by atoms with Crippen LogP contribution in [0.2, 0.25) is 10.0 Å². The summed E-state index contributed by atoms with van der Waals surface area (Å²) >= 11 is 14.2. The molecule has 0 saturated heterocycles. The van der Waals surface area contributed by atoms with Gasteiger partial charge in [-0.25, -0.2) is 13.6 Å². The highest BCUT2D eigenvalue weighted by Crippen LogP contribution is 2.35. The first-order chi connectivity index (χ1) is 16.2. The first-order valence-electron chi connectivity index (χ1n) is 10.5. The van der Waals surface area contributed by atoms with Gasteiger partial charge in [0.05, 0.1) is 10.5 Å². The number of Topliss-reactive ketones (excluding diaryl/α,β-unsaturated/α-hetero) is 1. The molecule has 2 heterocycles. The van der Waals surface area contributed by atoms with Crippen LogP contribution in [0.4, 0.5) is 0 Å². The van der Waals surface area contributed by atoms with E-state index < -0.39 is 10.0 Å². The SMILES string of the molecule is N#Cc1c(CC(=O)Cc2ccc(S(N)(=O)=O)cc2)sc2c1CCN(Cc1c(Cl)cccc1Cl)C2. The molecule has 0 spiro atoms. The molecule has 0 radical (unpaired) electrons. The minimum Gasteiger partial charge on any atom is -0.299 e. The van der Waals surface area contributed by atoms with E-state index in [1.165, 1.54) is 23.5 Å². The fourth-order valence-corrected chi connectivity index (χ4v) is 6.48. The molecule has 0 unspecified atom stereocenters. The van der Waals surface area contributed by atoms with Gasteiger partial charge >= 0.3 is 0 Å². The quantitative estimate of drug-likeness (QED) is 0.481. The monoisotopic (exact) mass is 533 g/mol. The lowest BCUT2D eigenvalue weighted by atomic mass is 9.99. The maximum absolute atomic E-state index is 12.7. The van der Waals surface area contributed by atoms with Gasteiger partial charge in [-0.2, -0.15) is 5.26 Å². The summed E-state index contributed by atoms with van der Waals surface area (Å²) in [4.78, 5) is 16.8. The standard InChI is InChI=1S/C24H21Cl2N3O3S2/c25-21-2-1-3-22(26)20(21)13-29-9-8-18-19(12-27)23(33-24(18)14-29)11-16(30)10-15-4-6-17(7-5-15)34(28,31)32/h1-7H,8-11,13-14H2,(H2,28,31,32). The first kappa shape index (κ1) is 24.9. The van der Waals surface area contributed by atoms with Gasteiger partial charge in [0.2, 0.25) is 10.0 Å². The highest BCUT2D eigenvalue weighted by molar-refractivity contribution is 7.89. The molecule has 0 saturated carbocycles. The molecule has 0 amide bonds. The lowest BCUT2D eigenvalue weighted by molar-refractivity contribution is -0.117. The summed E-state index contributed by atoms with van der Waals surface area (Å²) in [5.41, 5.74) is 3.21. The Morgan fingerprint density at radius 3 is 2.41 bits per heavy atom. The summed E-state index contributed by atoms with van der Waals surface area (Å²) in [6.45, 7) is 2.05. The van der Waals surface area contributed by atoms with Gasteiger partial charge in [-0.3, -0.25) is 9.69 Å². The molecule has 0 aliphatic carbocycles. The number of hydrogen-bond acceptors (Lipinski definition) is 6. The smallest absolute Gasteiger partial charge is 0.238 e. The van der Waals surface area contributed by atoms with E-state index in [2.05, 4.69) is 11.0 Å². The Morgan fingerprint density at radius 2 is 1.79 bits per heavy atom. The van der Waals surface area contributed by atoms with Gasteiger partial charge in [0.25, 0.3) is 0 Å². The molecule has 6 nitrogen and oxygen atoms in total. The van der Waals surface area contributed by atoms with Crippen molar-refractivity contribution in [1.82, 2.24) is 4.90 Å². The Balaban J connectivity index is 1.46. The Hall–Kier alpha value is -2.25. The molecular formula is C24H21Cl2N3O3S2. The second-order valence-electron chi connectivity index (χ2n) is 8.16. The number of nitrogens with zero attached hydrogens (tertiary/aromatic N) is 2. The number of thiophene rings is 1. The number of hydrogen-bond donors (Lipinski definition) is 1.